The molecule has 2 N–H and O–H groups in total. The van der Waals surface area contributed by atoms with Gasteiger partial charge in [0.2, 0.25) is 0 Å². The van der Waals surface area contributed by atoms with E-state index < -0.39 is 5.97 Å². The second kappa shape index (κ2) is 5.83. The summed E-state index contributed by atoms with van der Waals surface area (Å²) < 4.78 is 0. The third-order valence-electron chi connectivity index (χ3n) is 3.64. The van der Waals surface area contributed by atoms with Crippen LogP contribution in [0.15, 0.2) is 42.6 Å². The Morgan fingerprint density at radius 2 is 1.86 bits per heavy atom. The van der Waals surface area contributed by atoms with Gasteiger partial charge in [-0.25, -0.2) is 9.78 Å². The fraction of sp³-hybridized carbons (Fsp3) is 0.250. The number of nitrogens with one attached hydrogen (secondary N) is 1. The second-order valence-corrected chi connectivity index (χ2v) is 5.07. The number of carbonyl (C=O) groups is 1. The van der Waals surface area contributed by atoms with Crippen molar-refractivity contribution in [3.63, 3.8) is 0 Å². The van der Waals surface area contributed by atoms with E-state index in [1.807, 2.05) is 12.1 Å². The molecule has 0 bridgehead atoms. The van der Waals surface area contributed by atoms with Crippen LogP contribution in [0.25, 0.3) is 0 Å². The summed E-state index contributed by atoms with van der Waals surface area (Å²) in [6.45, 7) is 2.21. The average molecular weight is 283 g/mol. The van der Waals surface area contributed by atoms with Crippen LogP contribution < -0.4 is 10.2 Å². The summed E-state index contributed by atoms with van der Waals surface area (Å²) in [4.78, 5) is 17.6. The summed E-state index contributed by atoms with van der Waals surface area (Å²) in [5.74, 6) is -0.627. The van der Waals surface area contributed by atoms with Crippen molar-refractivity contribution < 1.29 is 9.90 Å². The van der Waals surface area contributed by atoms with E-state index in [2.05, 4.69) is 27.3 Å². The molecule has 0 spiro atoms. The van der Waals surface area contributed by atoms with Crippen LogP contribution in [0.3, 0.4) is 0 Å². The Hall–Kier alpha value is -2.56. The lowest BCUT2D eigenvalue weighted by atomic mass is 10.2. The van der Waals surface area contributed by atoms with E-state index in [0.29, 0.717) is 5.82 Å². The minimum Gasteiger partial charge on any atom is -0.478 e. The van der Waals surface area contributed by atoms with Crippen LogP contribution in [0.4, 0.5) is 17.2 Å². The van der Waals surface area contributed by atoms with Gasteiger partial charge in [-0.3, -0.25) is 0 Å². The fourth-order valence-electron chi connectivity index (χ4n) is 2.55. The van der Waals surface area contributed by atoms with Crippen molar-refractivity contribution in [1.82, 2.24) is 4.98 Å². The first kappa shape index (κ1) is 13.4. The van der Waals surface area contributed by atoms with Crippen LogP contribution in [-0.4, -0.2) is 29.1 Å². The van der Waals surface area contributed by atoms with E-state index >= 15 is 0 Å². The summed E-state index contributed by atoms with van der Waals surface area (Å²) in [5.41, 5.74) is 2.21. The summed E-state index contributed by atoms with van der Waals surface area (Å²) in [7, 11) is 0. The maximum absolute atomic E-state index is 11.2. The topological polar surface area (TPSA) is 65.5 Å². The van der Waals surface area contributed by atoms with Gasteiger partial charge < -0.3 is 15.3 Å². The Balaban J connectivity index is 1.77. The highest BCUT2D eigenvalue weighted by Crippen LogP contribution is 2.24. The van der Waals surface area contributed by atoms with E-state index in [4.69, 9.17) is 5.11 Å². The van der Waals surface area contributed by atoms with Crippen molar-refractivity contribution in [2.24, 2.45) is 0 Å². The molecule has 1 fully saturated rings. The SMILES string of the molecule is O=C(O)c1cccnc1Nc1ccc(N2CCCC2)cc1. The predicted octanol–water partition coefficient (Wildman–Crippen LogP) is 3.12. The lowest BCUT2D eigenvalue weighted by Gasteiger charge is -2.18. The monoisotopic (exact) mass is 283 g/mol. The Bertz CT molecular complexity index is 634. The lowest BCUT2D eigenvalue weighted by molar-refractivity contribution is 0.0697. The molecule has 1 aromatic carbocycles. The second-order valence-electron chi connectivity index (χ2n) is 5.07. The molecular weight excluding hydrogens is 266 g/mol. The third kappa shape index (κ3) is 2.97. The minimum atomic E-state index is -0.987. The summed E-state index contributed by atoms with van der Waals surface area (Å²) in [5, 5.41) is 12.2. The number of carboxylic acids is 1. The molecule has 1 aliphatic rings. The molecule has 5 nitrogen and oxygen atoms in total. The van der Waals surface area contributed by atoms with Gasteiger partial charge in [0, 0.05) is 30.7 Å². The molecule has 2 aromatic rings. The van der Waals surface area contributed by atoms with Gasteiger partial charge in [0.25, 0.3) is 0 Å². The number of hydrogen-bond donors (Lipinski definition) is 2. The van der Waals surface area contributed by atoms with Gasteiger partial charge in [0.05, 0.1) is 0 Å². The van der Waals surface area contributed by atoms with Crippen LogP contribution in [0, 0.1) is 0 Å². The zero-order valence-electron chi connectivity index (χ0n) is 11.6. The summed E-state index contributed by atoms with van der Waals surface area (Å²) >= 11 is 0. The molecule has 108 valence electrons. The van der Waals surface area contributed by atoms with Crippen molar-refractivity contribution >= 4 is 23.2 Å². The zero-order valence-corrected chi connectivity index (χ0v) is 11.6. The summed E-state index contributed by atoms with van der Waals surface area (Å²) in [6, 6.07) is 11.2. The van der Waals surface area contributed by atoms with Gasteiger partial charge >= 0.3 is 5.97 Å². The number of carboxylic acid groups (broad SMARTS) is 1. The molecule has 1 aromatic heterocycles. The van der Waals surface area contributed by atoms with E-state index in [9.17, 15) is 4.79 Å². The fourth-order valence-corrected chi connectivity index (χ4v) is 2.55. The van der Waals surface area contributed by atoms with Crippen LogP contribution in [0.1, 0.15) is 23.2 Å². The van der Waals surface area contributed by atoms with Crippen molar-refractivity contribution in [2.75, 3.05) is 23.3 Å². The molecule has 1 saturated heterocycles. The van der Waals surface area contributed by atoms with Crippen molar-refractivity contribution in [2.45, 2.75) is 12.8 Å². The maximum atomic E-state index is 11.2. The Morgan fingerprint density at radius 1 is 1.14 bits per heavy atom. The van der Waals surface area contributed by atoms with Gasteiger partial charge in [-0.05, 0) is 49.2 Å². The number of nitrogens with zero attached hydrogens (tertiary/aromatic N) is 2. The van der Waals surface area contributed by atoms with E-state index in [-0.39, 0.29) is 5.56 Å². The van der Waals surface area contributed by atoms with Crippen molar-refractivity contribution in [1.29, 1.82) is 0 Å². The highest BCUT2D eigenvalue weighted by Gasteiger charge is 2.13. The molecular formula is C16H17N3O2. The third-order valence-corrected chi connectivity index (χ3v) is 3.64. The van der Waals surface area contributed by atoms with Crippen LogP contribution >= 0.6 is 0 Å². The average Bonchev–Trinajstić information content (AvgIpc) is 3.03. The standard InChI is InChI=1S/C16H17N3O2/c20-16(21)14-4-3-9-17-15(14)18-12-5-7-13(8-6-12)19-10-1-2-11-19/h3-9H,1-2,10-11H2,(H,17,18)(H,20,21). The van der Waals surface area contributed by atoms with Gasteiger partial charge in [-0.1, -0.05) is 0 Å². The molecule has 2 heterocycles. The molecule has 0 atom stereocenters. The molecule has 3 rings (SSSR count). The molecule has 21 heavy (non-hydrogen) atoms. The minimum absolute atomic E-state index is 0.168. The number of hydrogen-bond acceptors (Lipinski definition) is 4. The first-order chi connectivity index (χ1) is 10.2. The molecule has 0 saturated carbocycles. The van der Waals surface area contributed by atoms with Gasteiger partial charge in [0.15, 0.2) is 0 Å². The van der Waals surface area contributed by atoms with E-state index in [1.165, 1.54) is 24.6 Å². The van der Waals surface area contributed by atoms with Crippen molar-refractivity contribution in [3.8, 4) is 0 Å². The summed E-state index contributed by atoms with van der Waals surface area (Å²) in [6.07, 6.45) is 4.07. The number of rotatable bonds is 4. The molecule has 1 aliphatic heterocycles. The normalized spacial score (nSPS) is 14.2. The lowest BCUT2D eigenvalue weighted by Crippen LogP contribution is -2.17. The number of aromatic carboxylic acids is 1. The van der Waals surface area contributed by atoms with Gasteiger partial charge in [-0.15, -0.1) is 0 Å². The molecule has 5 heteroatoms. The first-order valence-electron chi connectivity index (χ1n) is 7.04. The van der Waals surface area contributed by atoms with Crippen LogP contribution in [0.2, 0.25) is 0 Å². The molecule has 0 unspecified atom stereocenters. The highest BCUT2D eigenvalue weighted by molar-refractivity contribution is 5.93. The number of anilines is 3. The van der Waals surface area contributed by atoms with Crippen LogP contribution in [0.5, 0.6) is 0 Å². The quantitative estimate of drug-likeness (QED) is 0.902. The van der Waals surface area contributed by atoms with Gasteiger partial charge in [0.1, 0.15) is 11.4 Å². The number of benzene rings is 1. The maximum Gasteiger partial charge on any atom is 0.339 e. The predicted molar refractivity (Wildman–Crippen MR) is 82.4 cm³/mol. The van der Waals surface area contributed by atoms with Crippen molar-refractivity contribution in [3.05, 3.63) is 48.2 Å². The molecule has 0 radical (unpaired) electrons. The van der Waals surface area contributed by atoms with E-state index in [0.717, 1.165) is 18.8 Å². The largest absolute Gasteiger partial charge is 0.478 e. The number of aromatic nitrogens is 1. The van der Waals surface area contributed by atoms with E-state index in [1.54, 1.807) is 12.3 Å². The highest BCUT2D eigenvalue weighted by atomic mass is 16.4. The van der Waals surface area contributed by atoms with Crippen LogP contribution in [-0.2, 0) is 0 Å². The Morgan fingerprint density at radius 3 is 2.52 bits per heavy atom. The smallest absolute Gasteiger partial charge is 0.339 e. The number of pyridine rings is 1. The van der Waals surface area contributed by atoms with Gasteiger partial charge in [-0.2, -0.15) is 0 Å². The Kier molecular flexibility index (Phi) is 3.73. The first-order valence-corrected chi connectivity index (χ1v) is 7.04. The zero-order chi connectivity index (χ0) is 14.7. The Labute approximate surface area is 123 Å². The molecule has 0 aliphatic carbocycles. The molecule has 0 amide bonds.